The zero-order valence-electron chi connectivity index (χ0n) is 15.6. The van der Waals surface area contributed by atoms with Gasteiger partial charge in [0.05, 0.1) is 0 Å². The number of hydrogen-bond donors (Lipinski definition) is 1. The fourth-order valence-corrected chi connectivity index (χ4v) is 3.59. The summed E-state index contributed by atoms with van der Waals surface area (Å²) >= 11 is 0. The van der Waals surface area contributed by atoms with Gasteiger partial charge < -0.3 is 10.3 Å². The molecular weight excluding hydrogens is 304 g/mol. The van der Waals surface area contributed by atoms with Gasteiger partial charge in [0.2, 0.25) is 0 Å². The summed E-state index contributed by atoms with van der Waals surface area (Å²) in [7, 11) is 4.21. The van der Waals surface area contributed by atoms with Gasteiger partial charge in [-0.05, 0) is 60.8 Å². The maximum absolute atomic E-state index is 8.73. The highest BCUT2D eigenvalue weighted by Crippen LogP contribution is 2.34. The lowest BCUT2D eigenvalue weighted by Gasteiger charge is -2.15. The first-order valence-corrected chi connectivity index (χ1v) is 9.24. The Bertz CT molecular complexity index is 840. The molecule has 0 saturated carbocycles. The maximum Gasteiger partial charge on any atom is 0.0398 e. The van der Waals surface area contributed by atoms with E-state index in [9.17, 15) is 0 Å². The molecule has 2 aromatic carbocycles. The Morgan fingerprint density at radius 2 is 1.92 bits per heavy atom. The summed E-state index contributed by atoms with van der Waals surface area (Å²) in [5.41, 5.74) is 5.87. The standard InChI is InChI=1S/C23H28N2/c1-4-5-10-22(24)23-20-9-7-6-8-18(20)13-14-21(23)19-12-11-17(15-19)16-25(2)3/h6-9,11,13-15,24H,4-5,10,12,16H2,1-3H3. The smallest absolute Gasteiger partial charge is 0.0398 e. The minimum absolute atomic E-state index is 0.774. The molecule has 0 atom stereocenters. The summed E-state index contributed by atoms with van der Waals surface area (Å²) in [6.07, 6.45) is 8.66. The van der Waals surface area contributed by atoms with Crippen molar-refractivity contribution in [1.29, 1.82) is 5.41 Å². The molecule has 0 aliphatic heterocycles. The van der Waals surface area contributed by atoms with Crippen molar-refractivity contribution in [3.05, 3.63) is 65.3 Å². The van der Waals surface area contributed by atoms with Gasteiger partial charge in [0, 0.05) is 17.8 Å². The van der Waals surface area contributed by atoms with E-state index in [1.165, 1.54) is 27.5 Å². The first-order valence-electron chi connectivity index (χ1n) is 9.24. The molecule has 0 saturated heterocycles. The van der Waals surface area contributed by atoms with Crippen LogP contribution in [0.2, 0.25) is 0 Å². The lowest BCUT2D eigenvalue weighted by atomic mass is 9.89. The average Bonchev–Trinajstić information content (AvgIpc) is 3.06. The normalized spacial score (nSPS) is 14.1. The third-order valence-corrected chi connectivity index (χ3v) is 4.80. The number of allylic oxidation sites excluding steroid dienone is 2. The molecule has 1 aliphatic carbocycles. The minimum Gasteiger partial charge on any atom is -0.305 e. The van der Waals surface area contributed by atoms with Crippen molar-refractivity contribution < 1.29 is 0 Å². The summed E-state index contributed by atoms with van der Waals surface area (Å²) < 4.78 is 0. The van der Waals surface area contributed by atoms with Gasteiger partial charge in [0.15, 0.2) is 0 Å². The Labute approximate surface area is 151 Å². The highest BCUT2D eigenvalue weighted by atomic mass is 15.0. The van der Waals surface area contributed by atoms with E-state index in [-0.39, 0.29) is 0 Å². The van der Waals surface area contributed by atoms with Crippen LogP contribution in [0.5, 0.6) is 0 Å². The third kappa shape index (κ3) is 3.91. The fourth-order valence-electron chi connectivity index (χ4n) is 3.59. The minimum atomic E-state index is 0.774. The van der Waals surface area contributed by atoms with Crippen molar-refractivity contribution in [1.82, 2.24) is 4.90 Å². The molecule has 0 bridgehead atoms. The molecular formula is C23H28N2. The van der Waals surface area contributed by atoms with Gasteiger partial charge in [0.1, 0.15) is 0 Å². The Kier molecular flexibility index (Phi) is 5.50. The highest BCUT2D eigenvalue weighted by molar-refractivity contribution is 6.13. The van der Waals surface area contributed by atoms with E-state index >= 15 is 0 Å². The molecule has 3 rings (SSSR count). The van der Waals surface area contributed by atoms with Crippen LogP contribution in [0, 0.1) is 5.41 Å². The SMILES string of the molecule is CCCCC(=N)c1c(C2=CC(CN(C)C)=CC2)ccc2ccccc12. The monoisotopic (exact) mass is 332 g/mol. The van der Waals surface area contributed by atoms with Crippen molar-refractivity contribution >= 4 is 22.1 Å². The van der Waals surface area contributed by atoms with E-state index in [2.05, 4.69) is 74.5 Å². The van der Waals surface area contributed by atoms with Gasteiger partial charge in [0.25, 0.3) is 0 Å². The number of unbranched alkanes of at least 4 members (excludes halogenated alkanes) is 1. The lowest BCUT2D eigenvalue weighted by Crippen LogP contribution is -2.13. The van der Waals surface area contributed by atoms with Crippen LogP contribution < -0.4 is 0 Å². The van der Waals surface area contributed by atoms with E-state index in [0.29, 0.717) is 0 Å². The second-order valence-corrected chi connectivity index (χ2v) is 7.18. The summed E-state index contributed by atoms with van der Waals surface area (Å²) in [6, 6.07) is 12.9. The van der Waals surface area contributed by atoms with Crippen molar-refractivity contribution in [2.75, 3.05) is 20.6 Å². The topological polar surface area (TPSA) is 27.1 Å². The second kappa shape index (κ2) is 7.79. The molecule has 1 aliphatic rings. The molecule has 2 nitrogen and oxygen atoms in total. The zero-order chi connectivity index (χ0) is 17.8. The van der Waals surface area contributed by atoms with E-state index < -0.39 is 0 Å². The molecule has 0 radical (unpaired) electrons. The first kappa shape index (κ1) is 17.6. The molecule has 1 N–H and O–H groups in total. The van der Waals surface area contributed by atoms with E-state index in [1.807, 2.05) is 0 Å². The Morgan fingerprint density at radius 1 is 1.12 bits per heavy atom. The second-order valence-electron chi connectivity index (χ2n) is 7.18. The molecule has 2 aromatic rings. The van der Waals surface area contributed by atoms with Crippen molar-refractivity contribution in [3.8, 4) is 0 Å². The summed E-state index contributed by atoms with van der Waals surface area (Å²) in [6.45, 7) is 3.16. The van der Waals surface area contributed by atoms with Crippen molar-refractivity contribution in [2.45, 2.75) is 32.6 Å². The van der Waals surface area contributed by atoms with Crippen molar-refractivity contribution in [2.24, 2.45) is 0 Å². The molecule has 0 spiro atoms. The van der Waals surface area contributed by atoms with Crippen LogP contribution in [-0.2, 0) is 0 Å². The van der Waals surface area contributed by atoms with Crippen LogP contribution >= 0.6 is 0 Å². The van der Waals surface area contributed by atoms with Gasteiger partial charge in [-0.15, -0.1) is 0 Å². The largest absolute Gasteiger partial charge is 0.305 e. The van der Waals surface area contributed by atoms with Gasteiger partial charge in [-0.25, -0.2) is 0 Å². The van der Waals surface area contributed by atoms with E-state index in [4.69, 9.17) is 5.41 Å². The number of hydrogen-bond acceptors (Lipinski definition) is 2. The molecule has 0 heterocycles. The zero-order valence-corrected chi connectivity index (χ0v) is 15.6. The quantitative estimate of drug-likeness (QED) is 0.650. The third-order valence-electron chi connectivity index (χ3n) is 4.80. The number of nitrogens with one attached hydrogen (secondary N) is 1. The number of benzene rings is 2. The number of rotatable bonds is 7. The van der Waals surface area contributed by atoms with Crippen LogP contribution in [0.3, 0.4) is 0 Å². The van der Waals surface area contributed by atoms with Crippen molar-refractivity contribution in [3.63, 3.8) is 0 Å². The number of likely N-dealkylation sites (N-methyl/N-ethyl adjacent to an activating group) is 1. The molecule has 0 amide bonds. The Morgan fingerprint density at radius 3 is 2.68 bits per heavy atom. The molecule has 25 heavy (non-hydrogen) atoms. The molecule has 2 heteroatoms. The molecule has 0 unspecified atom stereocenters. The fraction of sp³-hybridized carbons (Fsp3) is 0.348. The molecule has 0 fully saturated rings. The predicted molar refractivity (Wildman–Crippen MR) is 110 cm³/mol. The van der Waals surface area contributed by atoms with Gasteiger partial charge in [-0.3, -0.25) is 0 Å². The summed E-state index contributed by atoms with van der Waals surface area (Å²) in [5, 5.41) is 11.2. The Hall–Kier alpha value is -2.19. The summed E-state index contributed by atoms with van der Waals surface area (Å²) in [5.74, 6) is 0. The van der Waals surface area contributed by atoms with Crippen LogP contribution in [0.1, 0.15) is 43.7 Å². The predicted octanol–water partition coefficient (Wildman–Crippen LogP) is 5.67. The van der Waals surface area contributed by atoms with Crippen LogP contribution in [0.4, 0.5) is 0 Å². The van der Waals surface area contributed by atoms with E-state index in [0.717, 1.165) is 43.5 Å². The number of fused-ring (bicyclic) bond motifs is 1. The van der Waals surface area contributed by atoms with Gasteiger partial charge in [-0.1, -0.05) is 61.9 Å². The van der Waals surface area contributed by atoms with Crippen LogP contribution in [0.15, 0.2) is 54.1 Å². The van der Waals surface area contributed by atoms with E-state index in [1.54, 1.807) is 0 Å². The van der Waals surface area contributed by atoms with Gasteiger partial charge in [-0.2, -0.15) is 0 Å². The first-order chi connectivity index (χ1) is 12.1. The maximum atomic E-state index is 8.73. The highest BCUT2D eigenvalue weighted by Gasteiger charge is 2.17. The van der Waals surface area contributed by atoms with Crippen LogP contribution in [-0.4, -0.2) is 31.3 Å². The van der Waals surface area contributed by atoms with Gasteiger partial charge >= 0.3 is 0 Å². The lowest BCUT2D eigenvalue weighted by molar-refractivity contribution is 0.449. The molecule has 0 aromatic heterocycles. The molecule has 130 valence electrons. The average molecular weight is 332 g/mol. The number of nitrogens with zero attached hydrogens (tertiary/aromatic N) is 1. The summed E-state index contributed by atoms with van der Waals surface area (Å²) in [4.78, 5) is 2.20. The Balaban J connectivity index is 2.05. The van der Waals surface area contributed by atoms with Crippen LogP contribution in [0.25, 0.3) is 16.3 Å².